The first kappa shape index (κ1) is 11.7. The fraction of sp³-hybridized carbons (Fsp3) is 0.556. The van der Waals surface area contributed by atoms with E-state index in [1.807, 2.05) is 0 Å². The molecular formula is C9H15NO3. The van der Waals surface area contributed by atoms with E-state index in [-0.39, 0.29) is 5.97 Å². The van der Waals surface area contributed by atoms with Crippen LogP contribution < -0.4 is 0 Å². The third-order valence-corrected chi connectivity index (χ3v) is 1.48. The molecule has 0 aromatic rings. The van der Waals surface area contributed by atoms with Crippen molar-refractivity contribution >= 4 is 11.7 Å². The van der Waals surface area contributed by atoms with Gasteiger partial charge in [0.05, 0.1) is 12.3 Å². The lowest BCUT2D eigenvalue weighted by Crippen LogP contribution is -2.04. The number of carbonyl (C=O) groups is 1. The summed E-state index contributed by atoms with van der Waals surface area (Å²) in [5, 5.41) is 11.4. The molecule has 0 saturated carbocycles. The van der Waals surface area contributed by atoms with Gasteiger partial charge in [0.15, 0.2) is 0 Å². The minimum atomic E-state index is -0.219. The smallest absolute Gasteiger partial charge is 0.305 e. The van der Waals surface area contributed by atoms with Crippen molar-refractivity contribution in [3.8, 4) is 0 Å². The van der Waals surface area contributed by atoms with Crippen molar-refractivity contribution in [2.75, 3.05) is 6.61 Å². The molecule has 0 heterocycles. The maximum absolute atomic E-state index is 10.9. The van der Waals surface area contributed by atoms with E-state index in [4.69, 9.17) is 9.94 Å². The number of allylic oxidation sites excluding steroid dienone is 1. The predicted molar refractivity (Wildman–Crippen MR) is 49.9 cm³/mol. The topological polar surface area (TPSA) is 58.9 Å². The van der Waals surface area contributed by atoms with E-state index in [1.54, 1.807) is 6.92 Å². The van der Waals surface area contributed by atoms with E-state index in [2.05, 4.69) is 11.7 Å². The van der Waals surface area contributed by atoms with Crippen LogP contribution in [-0.4, -0.2) is 23.5 Å². The summed E-state index contributed by atoms with van der Waals surface area (Å²) in [4.78, 5) is 10.9. The zero-order valence-electron chi connectivity index (χ0n) is 7.82. The number of hydrogen-bond acceptors (Lipinski definition) is 4. The van der Waals surface area contributed by atoms with Crippen LogP contribution in [0.25, 0.3) is 0 Å². The van der Waals surface area contributed by atoms with E-state index < -0.39 is 0 Å². The molecule has 0 aliphatic heterocycles. The van der Waals surface area contributed by atoms with Crippen molar-refractivity contribution < 1.29 is 14.7 Å². The average Bonchev–Trinajstić information content (AvgIpc) is 2.13. The van der Waals surface area contributed by atoms with Crippen molar-refractivity contribution in [2.45, 2.75) is 26.2 Å². The Kier molecular flexibility index (Phi) is 6.59. The first-order chi connectivity index (χ1) is 6.24. The fourth-order valence-corrected chi connectivity index (χ4v) is 0.840. The lowest BCUT2D eigenvalue weighted by Gasteiger charge is -2.00. The standard InChI is InChI=1S/C9H15NO3/c1-3-8(10-12)6-5-7-9(11)13-4-2/h3,12H,1,4-7H2,2H3. The second kappa shape index (κ2) is 7.34. The SMILES string of the molecule is C=CC(CCCC(=O)OCC)=NO. The molecule has 13 heavy (non-hydrogen) atoms. The first-order valence-electron chi connectivity index (χ1n) is 4.23. The highest BCUT2D eigenvalue weighted by molar-refractivity contribution is 5.94. The molecule has 4 heteroatoms. The second-order valence-corrected chi connectivity index (χ2v) is 2.45. The summed E-state index contributed by atoms with van der Waals surface area (Å²) in [6, 6.07) is 0. The fourth-order valence-electron chi connectivity index (χ4n) is 0.840. The number of oxime groups is 1. The Morgan fingerprint density at radius 1 is 1.62 bits per heavy atom. The molecule has 0 fully saturated rings. The van der Waals surface area contributed by atoms with Crippen LogP contribution in [0.3, 0.4) is 0 Å². The highest BCUT2D eigenvalue weighted by Gasteiger charge is 2.02. The van der Waals surface area contributed by atoms with Gasteiger partial charge in [-0.25, -0.2) is 0 Å². The van der Waals surface area contributed by atoms with Crippen molar-refractivity contribution in [3.63, 3.8) is 0 Å². The maximum atomic E-state index is 10.9. The van der Waals surface area contributed by atoms with Gasteiger partial charge in [-0.1, -0.05) is 11.7 Å². The molecule has 0 aliphatic carbocycles. The van der Waals surface area contributed by atoms with Crippen LogP contribution in [-0.2, 0) is 9.53 Å². The van der Waals surface area contributed by atoms with Crippen LogP contribution in [0.2, 0.25) is 0 Å². The number of rotatable bonds is 6. The van der Waals surface area contributed by atoms with E-state index in [1.165, 1.54) is 6.08 Å². The van der Waals surface area contributed by atoms with Gasteiger partial charge < -0.3 is 9.94 Å². The molecule has 0 rings (SSSR count). The van der Waals surface area contributed by atoms with Crippen LogP contribution in [0.15, 0.2) is 17.8 Å². The molecular weight excluding hydrogens is 170 g/mol. The molecule has 0 aromatic heterocycles. The molecule has 0 aromatic carbocycles. The van der Waals surface area contributed by atoms with Crippen molar-refractivity contribution in [3.05, 3.63) is 12.7 Å². The number of carbonyl (C=O) groups excluding carboxylic acids is 1. The van der Waals surface area contributed by atoms with Gasteiger partial charge in [0.2, 0.25) is 0 Å². The molecule has 74 valence electrons. The van der Waals surface area contributed by atoms with E-state index in [0.29, 0.717) is 31.6 Å². The number of nitrogens with zero attached hydrogens (tertiary/aromatic N) is 1. The number of esters is 1. The molecule has 0 atom stereocenters. The van der Waals surface area contributed by atoms with Crippen LogP contribution >= 0.6 is 0 Å². The van der Waals surface area contributed by atoms with Gasteiger partial charge in [-0.2, -0.15) is 0 Å². The normalized spacial score (nSPS) is 11.0. The summed E-state index contributed by atoms with van der Waals surface area (Å²) in [5.74, 6) is -0.219. The molecule has 0 bridgehead atoms. The van der Waals surface area contributed by atoms with Gasteiger partial charge in [-0.3, -0.25) is 4.79 Å². The highest BCUT2D eigenvalue weighted by Crippen LogP contribution is 2.00. The Morgan fingerprint density at radius 2 is 2.31 bits per heavy atom. The minimum absolute atomic E-state index is 0.219. The third-order valence-electron chi connectivity index (χ3n) is 1.48. The number of hydrogen-bond donors (Lipinski definition) is 1. The van der Waals surface area contributed by atoms with Gasteiger partial charge in [-0.15, -0.1) is 0 Å². The number of ether oxygens (including phenoxy) is 1. The van der Waals surface area contributed by atoms with Crippen LogP contribution in [0.5, 0.6) is 0 Å². The Balaban J connectivity index is 3.55. The summed E-state index contributed by atoms with van der Waals surface area (Å²) >= 11 is 0. The van der Waals surface area contributed by atoms with Crippen molar-refractivity contribution in [2.24, 2.45) is 5.16 Å². The zero-order chi connectivity index (χ0) is 10.1. The van der Waals surface area contributed by atoms with Crippen LogP contribution in [0.4, 0.5) is 0 Å². The molecule has 0 saturated heterocycles. The van der Waals surface area contributed by atoms with Gasteiger partial charge in [-0.05, 0) is 25.8 Å². The summed E-state index contributed by atoms with van der Waals surface area (Å²) in [6.45, 7) is 5.63. The zero-order valence-corrected chi connectivity index (χ0v) is 7.82. The van der Waals surface area contributed by atoms with Crippen LogP contribution in [0.1, 0.15) is 26.2 Å². The van der Waals surface area contributed by atoms with Gasteiger partial charge >= 0.3 is 5.97 Å². The molecule has 1 N–H and O–H groups in total. The first-order valence-corrected chi connectivity index (χ1v) is 4.23. The van der Waals surface area contributed by atoms with E-state index >= 15 is 0 Å². The van der Waals surface area contributed by atoms with Gasteiger partial charge in [0.25, 0.3) is 0 Å². The van der Waals surface area contributed by atoms with Gasteiger partial charge in [0.1, 0.15) is 0 Å². The Bertz CT molecular complexity index is 199. The molecule has 0 spiro atoms. The highest BCUT2D eigenvalue weighted by atomic mass is 16.5. The monoisotopic (exact) mass is 185 g/mol. The average molecular weight is 185 g/mol. The second-order valence-electron chi connectivity index (χ2n) is 2.45. The molecule has 0 amide bonds. The van der Waals surface area contributed by atoms with Gasteiger partial charge in [0, 0.05) is 6.42 Å². The molecule has 0 aliphatic rings. The summed E-state index contributed by atoms with van der Waals surface area (Å²) < 4.78 is 4.72. The summed E-state index contributed by atoms with van der Waals surface area (Å²) in [5.41, 5.74) is 0.490. The van der Waals surface area contributed by atoms with Crippen molar-refractivity contribution in [1.82, 2.24) is 0 Å². The largest absolute Gasteiger partial charge is 0.466 e. The summed E-state index contributed by atoms with van der Waals surface area (Å²) in [6.07, 6.45) is 2.97. The maximum Gasteiger partial charge on any atom is 0.305 e. The summed E-state index contributed by atoms with van der Waals surface area (Å²) in [7, 11) is 0. The van der Waals surface area contributed by atoms with E-state index in [9.17, 15) is 4.79 Å². The van der Waals surface area contributed by atoms with Crippen molar-refractivity contribution in [1.29, 1.82) is 0 Å². The predicted octanol–water partition coefficient (Wildman–Crippen LogP) is 1.74. The molecule has 0 radical (unpaired) electrons. The van der Waals surface area contributed by atoms with Crippen LogP contribution in [0, 0.1) is 0 Å². The minimum Gasteiger partial charge on any atom is -0.466 e. The lowest BCUT2D eigenvalue weighted by atomic mass is 10.1. The third kappa shape index (κ3) is 5.90. The van der Waals surface area contributed by atoms with E-state index in [0.717, 1.165) is 0 Å². The Labute approximate surface area is 77.9 Å². The molecule has 0 unspecified atom stereocenters. The Morgan fingerprint density at radius 3 is 2.77 bits per heavy atom. The lowest BCUT2D eigenvalue weighted by molar-refractivity contribution is -0.143. The quantitative estimate of drug-likeness (QED) is 0.297. The Hall–Kier alpha value is -1.32. The molecule has 4 nitrogen and oxygen atoms in total.